The highest BCUT2D eigenvalue weighted by molar-refractivity contribution is 8.13. The van der Waals surface area contributed by atoms with E-state index in [4.69, 9.17) is 25.9 Å². The Hall–Kier alpha value is -2.47. The molecule has 1 fully saturated rings. The Balaban J connectivity index is 0.000000221. The highest BCUT2D eigenvalue weighted by Crippen LogP contribution is 2.18. The van der Waals surface area contributed by atoms with E-state index >= 15 is 0 Å². The van der Waals surface area contributed by atoms with Crippen LogP contribution in [0.15, 0.2) is 58.3 Å². The maximum Gasteiger partial charge on any atom is 0.261 e. The van der Waals surface area contributed by atoms with Crippen molar-refractivity contribution in [3.8, 4) is 12.1 Å². The number of hydrogen-bond donors (Lipinski definition) is 1. The van der Waals surface area contributed by atoms with Crippen molar-refractivity contribution in [3.05, 3.63) is 59.7 Å². The minimum Gasteiger partial charge on any atom is -0.359 e. The second-order valence-corrected chi connectivity index (χ2v) is 10.4. The molecule has 1 unspecified atom stereocenters. The molecule has 0 spiro atoms. The van der Waals surface area contributed by atoms with Gasteiger partial charge in [-0.2, -0.15) is 10.5 Å². The van der Waals surface area contributed by atoms with Crippen LogP contribution in [0.25, 0.3) is 0 Å². The smallest absolute Gasteiger partial charge is 0.261 e. The Kier molecular flexibility index (Phi) is 7.73. The van der Waals surface area contributed by atoms with Crippen LogP contribution in [0.5, 0.6) is 0 Å². The molecule has 0 bridgehead atoms. The van der Waals surface area contributed by atoms with Crippen molar-refractivity contribution in [3.63, 3.8) is 0 Å². The molecule has 1 saturated heterocycles. The maximum absolute atomic E-state index is 12.1. The maximum atomic E-state index is 12.1. The average Bonchev–Trinajstić information content (AvgIpc) is 2.74. The lowest BCUT2D eigenvalue weighted by atomic mass is 10.2. The van der Waals surface area contributed by atoms with Gasteiger partial charge in [-0.15, -0.1) is 0 Å². The van der Waals surface area contributed by atoms with E-state index in [0.717, 1.165) is 0 Å². The summed E-state index contributed by atoms with van der Waals surface area (Å²) in [5.74, 6) is 0. The summed E-state index contributed by atoms with van der Waals surface area (Å²) in [6.45, 7) is 1.35. The van der Waals surface area contributed by atoms with Gasteiger partial charge in [0.1, 0.15) is 0 Å². The first-order chi connectivity index (χ1) is 13.7. The molecule has 0 saturated carbocycles. The van der Waals surface area contributed by atoms with E-state index in [-0.39, 0.29) is 15.4 Å². The predicted molar refractivity (Wildman–Crippen MR) is 105 cm³/mol. The molecular formula is C18H16ClN3O5S2. The topological polar surface area (TPSA) is 137 Å². The molecule has 1 aliphatic heterocycles. The van der Waals surface area contributed by atoms with Crippen LogP contribution in [-0.2, 0) is 23.6 Å². The van der Waals surface area contributed by atoms with Crippen LogP contribution < -0.4 is 5.32 Å². The lowest BCUT2D eigenvalue weighted by Gasteiger charge is -2.23. The summed E-state index contributed by atoms with van der Waals surface area (Å²) >= 11 is 0. The molecule has 0 radical (unpaired) electrons. The predicted octanol–water partition coefficient (Wildman–Crippen LogP) is 1.76. The van der Waals surface area contributed by atoms with Crippen LogP contribution in [0.3, 0.4) is 0 Å². The lowest BCUT2D eigenvalue weighted by Crippen LogP contribution is -2.42. The van der Waals surface area contributed by atoms with E-state index in [2.05, 4.69) is 5.32 Å². The fourth-order valence-electron chi connectivity index (χ4n) is 2.33. The van der Waals surface area contributed by atoms with Gasteiger partial charge in [0, 0.05) is 23.8 Å². The molecule has 3 rings (SSSR count). The highest BCUT2D eigenvalue weighted by atomic mass is 35.7. The van der Waals surface area contributed by atoms with Crippen LogP contribution in [0.1, 0.15) is 11.1 Å². The standard InChI is InChI=1S/C11H12N2O3S.C7H4ClNO2S/c12-7-9-1-3-10(4-2-9)17(14,15)11-8-13-5-6-16-11;8-12(10,11)7-3-1-2-6(4-7)5-9/h1-4,11,13H,5-6,8H2;1-4H. The molecule has 2 aromatic carbocycles. The van der Waals surface area contributed by atoms with E-state index in [9.17, 15) is 16.8 Å². The fourth-order valence-corrected chi connectivity index (χ4v) is 4.56. The summed E-state index contributed by atoms with van der Waals surface area (Å²) in [4.78, 5) is 0.133. The van der Waals surface area contributed by atoms with Crippen molar-refractivity contribution in [2.75, 3.05) is 19.7 Å². The Morgan fingerprint density at radius 2 is 1.62 bits per heavy atom. The summed E-state index contributed by atoms with van der Waals surface area (Å²) in [7, 11) is -2.15. The SMILES string of the molecule is N#Cc1ccc(S(=O)(=O)C2CNCCO2)cc1.N#Cc1cccc(S(=O)(=O)Cl)c1. The van der Waals surface area contributed by atoms with Crippen molar-refractivity contribution in [2.45, 2.75) is 15.2 Å². The Morgan fingerprint density at radius 3 is 2.14 bits per heavy atom. The first kappa shape index (κ1) is 22.8. The molecule has 0 aliphatic carbocycles. The zero-order chi connectivity index (χ0) is 21.5. The van der Waals surface area contributed by atoms with Gasteiger partial charge in [-0.05, 0) is 42.5 Å². The van der Waals surface area contributed by atoms with E-state index in [1.807, 2.05) is 12.1 Å². The number of nitriles is 2. The molecule has 1 heterocycles. The lowest BCUT2D eigenvalue weighted by molar-refractivity contribution is 0.0785. The third-order valence-corrected chi connectivity index (χ3v) is 7.07. The van der Waals surface area contributed by atoms with Crippen molar-refractivity contribution in [1.82, 2.24) is 5.32 Å². The number of halogens is 1. The van der Waals surface area contributed by atoms with Gasteiger partial charge in [0.05, 0.1) is 39.7 Å². The number of nitrogens with one attached hydrogen (secondary N) is 1. The van der Waals surface area contributed by atoms with E-state index < -0.39 is 24.3 Å². The third kappa shape index (κ3) is 6.26. The van der Waals surface area contributed by atoms with Crippen LogP contribution in [-0.4, -0.2) is 42.0 Å². The number of ether oxygens (including phenoxy) is 1. The van der Waals surface area contributed by atoms with Crippen molar-refractivity contribution in [1.29, 1.82) is 10.5 Å². The summed E-state index contributed by atoms with van der Waals surface area (Å²) < 4.78 is 51.0. The molecular weight excluding hydrogens is 438 g/mol. The molecule has 1 aliphatic rings. The second-order valence-electron chi connectivity index (χ2n) is 5.76. The fraction of sp³-hybridized carbons (Fsp3) is 0.222. The van der Waals surface area contributed by atoms with Crippen molar-refractivity contribution in [2.24, 2.45) is 0 Å². The summed E-state index contributed by atoms with van der Waals surface area (Å²) in [5, 5.41) is 20.1. The quantitative estimate of drug-likeness (QED) is 0.694. The Labute approximate surface area is 173 Å². The average molecular weight is 454 g/mol. The highest BCUT2D eigenvalue weighted by Gasteiger charge is 2.29. The van der Waals surface area contributed by atoms with Crippen LogP contribution in [0.4, 0.5) is 0 Å². The van der Waals surface area contributed by atoms with E-state index in [0.29, 0.717) is 25.3 Å². The number of nitrogens with zero attached hydrogens (tertiary/aromatic N) is 2. The second kappa shape index (κ2) is 9.83. The van der Waals surface area contributed by atoms with Crippen LogP contribution >= 0.6 is 10.7 Å². The molecule has 1 atom stereocenters. The van der Waals surface area contributed by atoms with Gasteiger partial charge in [0.25, 0.3) is 9.05 Å². The number of sulfone groups is 1. The molecule has 152 valence electrons. The molecule has 8 nitrogen and oxygen atoms in total. The molecule has 1 N–H and O–H groups in total. The zero-order valence-corrected chi connectivity index (χ0v) is 17.3. The summed E-state index contributed by atoms with van der Waals surface area (Å²) in [6.07, 6.45) is 0. The van der Waals surface area contributed by atoms with Gasteiger partial charge in [0.15, 0.2) is 5.44 Å². The van der Waals surface area contributed by atoms with Gasteiger partial charge < -0.3 is 10.1 Å². The zero-order valence-electron chi connectivity index (χ0n) is 14.9. The Morgan fingerprint density at radius 1 is 0.966 bits per heavy atom. The first-order valence-electron chi connectivity index (χ1n) is 8.19. The minimum absolute atomic E-state index is 0.0526. The summed E-state index contributed by atoms with van der Waals surface area (Å²) in [6, 6.07) is 15.1. The summed E-state index contributed by atoms with van der Waals surface area (Å²) in [5.41, 5.74) is -0.132. The van der Waals surface area contributed by atoms with Gasteiger partial charge in [-0.3, -0.25) is 0 Å². The van der Waals surface area contributed by atoms with Crippen molar-refractivity contribution >= 4 is 29.6 Å². The van der Waals surface area contributed by atoms with Gasteiger partial charge in [-0.25, -0.2) is 16.8 Å². The molecule has 29 heavy (non-hydrogen) atoms. The van der Waals surface area contributed by atoms with Crippen molar-refractivity contribution < 1.29 is 21.6 Å². The van der Waals surface area contributed by atoms with Gasteiger partial charge >= 0.3 is 0 Å². The largest absolute Gasteiger partial charge is 0.359 e. The molecule has 11 heteroatoms. The molecule has 0 amide bonds. The first-order valence-corrected chi connectivity index (χ1v) is 12.1. The number of rotatable bonds is 3. The minimum atomic E-state index is -3.71. The number of morpholine rings is 1. The number of hydrogen-bond acceptors (Lipinski definition) is 8. The monoisotopic (exact) mass is 453 g/mol. The third-order valence-electron chi connectivity index (χ3n) is 3.80. The molecule has 0 aromatic heterocycles. The number of benzene rings is 2. The molecule has 2 aromatic rings. The van der Waals surface area contributed by atoms with Crippen LogP contribution in [0.2, 0.25) is 0 Å². The van der Waals surface area contributed by atoms with Crippen LogP contribution in [0, 0.1) is 22.7 Å². The van der Waals surface area contributed by atoms with Gasteiger partial charge in [-0.1, -0.05) is 6.07 Å². The van der Waals surface area contributed by atoms with E-state index in [1.54, 1.807) is 0 Å². The van der Waals surface area contributed by atoms with Gasteiger partial charge in [0.2, 0.25) is 9.84 Å². The Bertz CT molecular complexity index is 1150. The normalized spacial score (nSPS) is 16.6. The van der Waals surface area contributed by atoms with E-state index in [1.165, 1.54) is 48.5 Å².